The molecule has 4 heteroatoms. The van der Waals surface area contributed by atoms with Gasteiger partial charge in [-0.15, -0.1) is 0 Å². The van der Waals surface area contributed by atoms with Gasteiger partial charge in [-0.2, -0.15) is 0 Å². The van der Waals surface area contributed by atoms with E-state index in [2.05, 4.69) is 4.98 Å². The first-order valence-electron chi connectivity index (χ1n) is 4.15. The van der Waals surface area contributed by atoms with Crippen molar-refractivity contribution in [2.24, 2.45) is 0 Å². The van der Waals surface area contributed by atoms with E-state index in [1.807, 2.05) is 6.92 Å². The molecule has 0 atom stereocenters. The summed E-state index contributed by atoms with van der Waals surface area (Å²) in [5.41, 5.74) is 7.81. The molecule has 0 spiro atoms. The van der Waals surface area contributed by atoms with Crippen molar-refractivity contribution >= 4 is 17.3 Å². The molecule has 1 heterocycles. The SMILES string of the molecule is Cc1coc(-c2c(N)cccc2Cl)n1. The van der Waals surface area contributed by atoms with Crippen molar-refractivity contribution in [3.05, 3.63) is 35.2 Å². The molecule has 0 fully saturated rings. The highest BCUT2D eigenvalue weighted by Gasteiger charge is 2.11. The molecule has 3 nitrogen and oxygen atoms in total. The number of nitrogen functional groups attached to an aromatic ring is 1. The standard InChI is InChI=1S/C10H9ClN2O/c1-6-5-14-10(13-6)9-7(11)3-2-4-8(9)12/h2-5H,12H2,1H3. The Morgan fingerprint density at radius 3 is 2.79 bits per heavy atom. The second kappa shape index (κ2) is 3.35. The average molecular weight is 209 g/mol. The molecule has 0 radical (unpaired) electrons. The molecule has 0 aliphatic heterocycles. The van der Waals surface area contributed by atoms with E-state index in [9.17, 15) is 0 Å². The monoisotopic (exact) mass is 208 g/mol. The third kappa shape index (κ3) is 1.46. The van der Waals surface area contributed by atoms with Gasteiger partial charge in [-0.1, -0.05) is 17.7 Å². The number of oxazole rings is 1. The number of hydrogen-bond donors (Lipinski definition) is 1. The largest absolute Gasteiger partial charge is 0.444 e. The van der Waals surface area contributed by atoms with Gasteiger partial charge in [0, 0.05) is 5.69 Å². The fourth-order valence-corrected chi connectivity index (χ4v) is 1.50. The molecule has 2 N–H and O–H groups in total. The molecule has 2 rings (SSSR count). The number of aromatic nitrogens is 1. The van der Waals surface area contributed by atoms with E-state index in [4.69, 9.17) is 21.8 Å². The first kappa shape index (κ1) is 9.09. The van der Waals surface area contributed by atoms with Gasteiger partial charge < -0.3 is 10.2 Å². The zero-order chi connectivity index (χ0) is 10.1. The Bertz CT molecular complexity index is 445. The molecule has 0 amide bonds. The van der Waals surface area contributed by atoms with Gasteiger partial charge in [0.25, 0.3) is 0 Å². The number of benzene rings is 1. The van der Waals surface area contributed by atoms with Crippen LogP contribution in [0.1, 0.15) is 5.69 Å². The molecule has 0 unspecified atom stereocenters. The maximum absolute atomic E-state index is 5.99. The van der Waals surface area contributed by atoms with E-state index in [0.717, 1.165) is 5.69 Å². The number of aryl methyl sites for hydroxylation is 1. The lowest BCUT2D eigenvalue weighted by molar-refractivity contribution is 0.574. The molecular formula is C10H9ClN2O. The minimum atomic E-state index is 0.464. The lowest BCUT2D eigenvalue weighted by atomic mass is 10.2. The van der Waals surface area contributed by atoms with Crippen molar-refractivity contribution in [3.63, 3.8) is 0 Å². The maximum Gasteiger partial charge on any atom is 0.229 e. The summed E-state index contributed by atoms with van der Waals surface area (Å²) in [4.78, 5) is 4.17. The van der Waals surface area contributed by atoms with Gasteiger partial charge in [0.15, 0.2) is 0 Å². The predicted octanol–water partition coefficient (Wildman–Crippen LogP) is 2.89. The van der Waals surface area contributed by atoms with E-state index >= 15 is 0 Å². The van der Waals surface area contributed by atoms with Crippen LogP contribution in [0.4, 0.5) is 5.69 Å². The summed E-state index contributed by atoms with van der Waals surface area (Å²) in [7, 11) is 0. The molecule has 0 bridgehead atoms. The zero-order valence-corrected chi connectivity index (χ0v) is 8.38. The van der Waals surface area contributed by atoms with Crippen molar-refractivity contribution < 1.29 is 4.42 Å². The van der Waals surface area contributed by atoms with E-state index in [0.29, 0.717) is 22.2 Å². The molecule has 0 saturated heterocycles. The Hall–Kier alpha value is -1.48. The van der Waals surface area contributed by atoms with Crippen LogP contribution in [0.5, 0.6) is 0 Å². The second-order valence-electron chi connectivity index (χ2n) is 3.00. The van der Waals surface area contributed by atoms with Crippen LogP contribution in [-0.4, -0.2) is 4.98 Å². The van der Waals surface area contributed by atoms with Crippen molar-refractivity contribution in [3.8, 4) is 11.5 Å². The summed E-state index contributed by atoms with van der Waals surface area (Å²) in [6.07, 6.45) is 1.57. The van der Waals surface area contributed by atoms with Crippen LogP contribution in [-0.2, 0) is 0 Å². The minimum Gasteiger partial charge on any atom is -0.444 e. The summed E-state index contributed by atoms with van der Waals surface area (Å²) in [6, 6.07) is 5.31. The molecule has 0 aliphatic carbocycles. The Morgan fingerprint density at radius 2 is 2.21 bits per heavy atom. The van der Waals surface area contributed by atoms with Gasteiger partial charge in [0.2, 0.25) is 5.89 Å². The van der Waals surface area contributed by atoms with Gasteiger partial charge in [-0.3, -0.25) is 0 Å². The highest BCUT2D eigenvalue weighted by atomic mass is 35.5. The number of rotatable bonds is 1. The molecule has 0 aliphatic rings. The fourth-order valence-electron chi connectivity index (χ4n) is 1.24. The van der Waals surface area contributed by atoms with Crippen LogP contribution >= 0.6 is 11.6 Å². The van der Waals surface area contributed by atoms with E-state index in [1.54, 1.807) is 24.5 Å². The van der Waals surface area contributed by atoms with E-state index in [1.165, 1.54) is 0 Å². The minimum absolute atomic E-state index is 0.464. The van der Waals surface area contributed by atoms with Crippen LogP contribution in [0.15, 0.2) is 28.9 Å². The van der Waals surface area contributed by atoms with Gasteiger partial charge in [-0.05, 0) is 19.1 Å². The van der Waals surface area contributed by atoms with Crippen LogP contribution in [0.25, 0.3) is 11.5 Å². The molecule has 1 aromatic carbocycles. The van der Waals surface area contributed by atoms with Crippen LogP contribution in [0, 0.1) is 6.92 Å². The smallest absolute Gasteiger partial charge is 0.229 e. The normalized spacial score (nSPS) is 10.4. The summed E-state index contributed by atoms with van der Waals surface area (Å²) < 4.78 is 5.24. The molecule has 0 saturated carbocycles. The Labute approximate surface area is 86.5 Å². The number of hydrogen-bond acceptors (Lipinski definition) is 3. The van der Waals surface area contributed by atoms with Gasteiger partial charge in [0.05, 0.1) is 16.3 Å². The van der Waals surface area contributed by atoms with E-state index < -0.39 is 0 Å². The Balaban J connectivity index is 2.61. The van der Waals surface area contributed by atoms with Crippen molar-refractivity contribution in [1.82, 2.24) is 4.98 Å². The van der Waals surface area contributed by atoms with Crippen molar-refractivity contribution in [1.29, 1.82) is 0 Å². The molecule has 1 aromatic heterocycles. The Kier molecular flexibility index (Phi) is 2.17. The third-order valence-corrected chi connectivity index (χ3v) is 2.19. The number of nitrogens with zero attached hydrogens (tertiary/aromatic N) is 1. The predicted molar refractivity (Wildman–Crippen MR) is 56.1 cm³/mol. The first-order chi connectivity index (χ1) is 6.68. The molecule has 72 valence electrons. The van der Waals surface area contributed by atoms with E-state index in [-0.39, 0.29) is 0 Å². The second-order valence-corrected chi connectivity index (χ2v) is 3.41. The van der Waals surface area contributed by atoms with Crippen molar-refractivity contribution in [2.45, 2.75) is 6.92 Å². The molecule has 2 aromatic rings. The van der Waals surface area contributed by atoms with Gasteiger partial charge in [0.1, 0.15) is 6.26 Å². The summed E-state index contributed by atoms with van der Waals surface area (Å²) in [6.45, 7) is 1.85. The summed E-state index contributed by atoms with van der Waals surface area (Å²) in [5.74, 6) is 0.464. The summed E-state index contributed by atoms with van der Waals surface area (Å²) in [5, 5.41) is 0.548. The highest BCUT2D eigenvalue weighted by molar-refractivity contribution is 6.33. The lowest BCUT2D eigenvalue weighted by Gasteiger charge is -2.02. The Morgan fingerprint density at radius 1 is 1.43 bits per heavy atom. The fraction of sp³-hybridized carbons (Fsp3) is 0.100. The maximum atomic E-state index is 5.99. The number of nitrogens with two attached hydrogens (primary N) is 1. The number of halogens is 1. The first-order valence-corrected chi connectivity index (χ1v) is 4.53. The van der Waals surface area contributed by atoms with Crippen molar-refractivity contribution in [2.75, 3.05) is 5.73 Å². The van der Waals surface area contributed by atoms with Gasteiger partial charge in [-0.25, -0.2) is 4.98 Å². The number of anilines is 1. The zero-order valence-electron chi connectivity index (χ0n) is 7.62. The van der Waals surface area contributed by atoms with Crippen LogP contribution in [0.2, 0.25) is 5.02 Å². The molecular weight excluding hydrogens is 200 g/mol. The average Bonchev–Trinajstić information content (AvgIpc) is 2.51. The topological polar surface area (TPSA) is 52.0 Å². The van der Waals surface area contributed by atoms with Crippen LogP contribution in [0.3, 0.4) is 0 Å². The quantitative estimate of drug-likeness (QED) is 0.734. The van der Waals surface area contributed by atoms with Crippen LogP contribution < -0.4 is 5.73 Å². The highest BCUT2D eigenvalue weighted by Crippen LogP contribution is 2.32. The lowest BCUT2D eigenvalue weighted by Crippen LogP contribution is -1.90. The summed E-state index contributed by atoms with van der Waals surface area (Å²) >= 11 is 5.99. The molecule has 14 heavy (non-hydrogen) atoms. The third-order valence-electron chi connectivity index (χ3n) is 1.88. The van der Waals surface area contributed by atoms with Gasteiger partial charge >= 0.3 is 0 Å².